The minimum atomic E-state index is -1.40. The molecule has 1 unspecified atom stereocenters. The van der Waals surface area contributed by atoms with Gasteiger partial charge in [0, 0.05) is 6.42 Å². The lowest BCUT2D eigenvalue weighted by Crippen LogP contribution is -2.55. The van der Waals surface area contributed by atoms with Gasteiger partial charge in [0.25, 0.3) is 11.5 Å². The number of ether oxygens (including phenoxy) is 1. The Bertz CT molecular complexity index is 1370. The van der Waals surface area contributed by atoms with Gasteiger partial charge in [-0.15, -0.1) is 6.58 Å². The molecule has 3 aromatic rings. The smallest absolute Gasteiger partial charge is 0.412 e. The number of hydrogen-bond donors (Lipinski definition) is 3. The standard InChI is InChI=1S/C27H28N6O4/c1-2-14-27(24(35)32(25(28)29)17-19-9-5-3-6-10-19)15-13-22-30-16-21(23(34)33(22)27)31-26(36)37-18-20-11-7-4-8-12-20/h2-12,16H,1,13-15,17-18H2,(H3,28,29)(H,31,36). The van der Waals surface area contributed by atoms with Gasteiger partial charge in [-0.2, -0.15) is 0 Å². The first kappa shape index (κ1) is 25.4. The van der Waals surface area contributed by atoms with E-state index in [4.69, 9.17) is 15.9 Å². The van der Waals surface area contributed by atoms with Gasteiger partial charge in [-0.25, -0.2) is 9.78 Å². The number of fused-ring (bicyclic) bond motifs is 1. The van der Waals surface area contributed by atoms with Gasteiger partial charge in [0.05, 0.1) is 12.7 Å². The number of allylic oxidation sites excluding steroid dienone is 1. The fraction of sp³-hybridized carbons (Fsp3) is 0.222. The van der Waals surface area contributed by atoms with Crippen LogP contribution in [0.15, 0.2) is 84.3 Å². The van der Waals surface area contributed by atoms with E-state index in [9.17, 15) is 14.4 Å². The first-order valence-electron chi connectivity index (χ1n) is 11.8. The zero-order valence-corrected chi connectivity index (χ0v) is 20.2. The summed E-state index contributed by atoms with van der Waals surface area (Å²) in [6.07, 6.45) is 2.72. The highest BCUT2D eigenvalue weighted by atomic mass is 16.5. The number of carbonyl (C=O) groups is 2. The lowest BCUT2D eigenvalue weighted by Gasteiger charge is -2.34. The molecule has 10 heteroatoms. The molecule has 1 aromatic heterocycles. The number of aryl methyl sites for hydroxylation is 1. The predicted molar refractivity (Wildman–Crippen MR) is 139 cm³/mol. The molecule has 2 aromatic carbocycles. The molecular formula is C27H28N6O4. The van der Waals surface area contributed by atoms with Crippen LogP contribution in [-0.2, 0) is 34.6 Å². The van der Waals surface area contributed by atoms with Crippen LogP contribution in [0.4, 0.5) is 10.5 Å². The van der Waals surface area contributed by atoms with Crippen LogP contribution < -0.4 is 16.6 Å². The van der Waals surface area contributed by atoms with Crippen LogP contribution >= 0.6 is 0 Å². The van der Waals surface area contributed by atoms with E-state index in [1.807, 2.05) is 60.7 Å². The van der Waals surface area contributed by atoms with Gasteiger partial charge in [-0.3, -0.25) is 29.8 Å². The maximum Gasteiger partial charge on any atom is 0.412 e. The summed E-state index contributed by atoms with van der Waals surface area (Å²) < 4.78 is 6.52. The highest BCUT2D eigenvalue weighted by molar-refractivity contribution is 5.99. The Balaban J connectivity index is 1.64. The predicted octanol–water partition coefficient (Wildman–Crippen LogP) is 3.13. The number of nitrogens with one attached hydrogen (secondary N) is 2. The molecular weight excluding hydrogens is 472 g/mol. The summed E-state index contributed by atoms with van der Waals surface area (Å²) in [4.78, 5) is 45.5. The number of aromatic nitrogens is 2. The summed E-state index contributed by atoms with van der Waals surface area (Å²) in [6, 6.07) is 18.3. The van der Waals surface area contributed by atoms with Crippen molar-refractivity contribution in [1.82, 2.24) is 14.5 Å². The number of nitrogens with two attached hydrogens (primary N) is 1. The molecule has 1 aliphatic rings. The van der Waals surface area contributed by atoms with E-state index in [1.54, 1.807) is 6.08 Å². The Morgan fingerprint density at radius 1 is 1.16 bits per heavy atom. The van der Waals surface area contributed by atoms with Gasteiger partial charge >= 0.3 is 6.09 Å². The molecule has 1 atom stereocenters. The maximum absolute atomic E-state index is 14.0. The number of carbonyl (C=O) groups excluding carboxylic acids is 2. The molecule has 2 amide bonds. The summed E-state index contributed by atoms with van der Waals surface area (Å²) in [6.45, 7) is 3.88. The van der Waals surface area contributed by atoms with Gasteiger partial charge in [-0.1, -0.05) is 66.7 Å². The van der Waals surface area contributed by atoms with Crippen molar-refractivity contribution in [3.8, 4) is 0 Å². The molecule has 0 spiro atoms. The molecule has 1 aliphatic heterocycles. The molecule has 0 bridgehead atoms. The zero-order chi connectivity index (χ0) is 26.4. The number of guanidine groups is 1. The minimum Gasteiger partial charge on any atom is -0.444 e. The van der Waals surface area contributed by atoms with Crippen molar-refractivity contribution >= 4 is 23.6 Å². The molecule has 0 radical (unpaired) electrons. The van der Waals surface area contributed by atoms with Crippen molar-refractivity contribution < 1.29 is 14.3 Å². The fourth-order valence-electron chi connectivity index (χ4n) is 4.50. The van der Waals surface area contributed by atoms with Crippen LogP contribution in [0.3, 0.4) is 0 Å². The minimum absolute atomic E-state index is 0.0261. The van der Waals surface area contributed by atoms with Crippen LogP contribution in [0.5, 0.6) is 0 Å². The molecule has 4 N–H and O–H groups in total. The Morgan fingerprint density at radius 2 is 1.81 bits per heavy atom. The lowest BCUT2D eigenvalue weighted by molar-refractivity contribution is -0.137. The third kappa shape index (κ3) is 5.27. The van der Waals surface area contributed by atoms with Crippen LogP contribution in [0.2, 0.25) is 0 Å². The van der Waals surface area contributed by atoms with Crippen LogP contribution in [0.25, 0.3) is 0 Å². The first-order chi connectivity index (χ1) is 17.9. The average Bonchev–Trinajstić information content (AvgIpc) is 3.28. The molecule has 0 saturated heterocycles. The molecule has 0 aliphatic carbocycles. The van der Waals surface area contributed by atoms with E-state index in [2.05, 4.69) is 16.9 Å². The van der Waals surface area contributed by atoms with Gasteiger partial charge in [-0.05, 0) is 24.0 Å². The topological polar surface area (TPSA) is 143 Å². The fourth-order valence-corrected chi connectivity index (χ4v) is 4.50. The number of benzene rings is 2. The quantitative estimate of drug-likeness (QED) is 0.246. The van der Waals surface area contributed by atoms with Crippen LogP contribution in [0.1, 0.15) is 29.8 Å². The molecule has 0 saturated carbocycles. The molecule has 190 valence electrons. The summed E-state index contributed by atoms with van der Waals surface area (Å²) in [5.41, 5.74) is 5.28. The monoisotopic (exact) mass is 500 g/mol. The number of hydrogen-bond acceptors (Lipinski definition) is 6. The number of amides is 2. The molecule has 10 nitrogen and oxygen atoms in total. The zero-order valence-electron chi connectivity index (χ0n) is 20.2. The van der Waals surface area contributed by atoms with Crippen molar-refractivity contribution in [2.75, 3.05) is 5.32 Å². The van der Waals surface area contributed by atoms with E-state index in [0.717, 1.165) is 16.0 Å². The van der Waals surface area contributed by atoms with Gasteiger partial charge in [0.15, 0.2) is 5.96 Å². The summed E-state index contributed by atoms with van der Waals surface area (Å²) in [5.74, 6) is -0.563. The third-order valence-electron chi connectivity index (χ3n) is 6.27. The average molecular weight is 501 g/mol. The molecule has 2 heterocycles. The number of nitrogens with zero attached hydrogens (tertiary/aromatic N) is 3. The third-order valence-corrected chi connectivity index (χ3v) is 6.27. The van der Waals surface area contributed by atoms with Crippen molar-refractivity contribution in [1.29, 1.82) is 5.41 Å². The Hall–Kier alpha value is -4.73. The molecule has 37 heavy (non-hydrogen) atoms. The largest absolute Gasteiger partial charge is 0.444 e. The normalized spacial score (nSPS) is 15.9. The maximum atomic E-state index is 14.0. The Morgan fingerprint density at radius 3 is 2.43 bits per heavy atom. The van der Waals surface area contributed by atoms with Crippen molar-refractivity contribution in [3.63, 3.8) is 0 Å². The summed E-state index contributed by atoms with van der Waals surface area (Å²) in [7, 11) is 0. The molecule has 0 fully saturated rings. The van der Waals surface area contributed by atoms with E-state index in [1.165, 1.54) is 10.8 Å². The number of anilines is 1. The van der Waals surface area contributed by atoms with E-state index in [0.29, 0.717) is 12.2 Å². The molecule has 4 rings (SSSR count). The van der Waals surface area contributed by atoms with Gasteiger partial charge in [0.2, 0.25) is 0 Å². The highest BCUT2D eigenvalue weighted by Gasteiger charge is 2.48. The van der Waals surface area contributed by atoms with E-state index in [-0.39, 0.29) is 31.7 Å². The van der Waals surface area contributed by atoms with E-state index < -0.39 is 29.1 Å². The van der Waals surface area contributed by atoms with Gasteiger partial charge < -0.3 is 10.5 Å². The summed E-state index contributed by atoms with van der Waals surface area (Å²) in [5, 5.41) is 10.5. The van der Waals surface area contributed by atoms with Crippen LogP contribution in [0, 0.1) is 5.41 Å². The van der Waals surface area contributed by atoms with Crippen molar-refractivity contribution in [2.24, 2.45) is 5.73 Å². The SMILES string of the molecule is C=CCC1(C(=O)N(Cc2ccccc2)C(=N)N)CCc2ncc(NC(=O)OCc3ccccc3)c(=O)n21. The first-order valence-corrected chi connectivity index (χ1v) is 11.8. The number of rotatable bonds is 8. The second-order valence-corrected chi connectivity index (χ2v) is 8.70. The highest BCUT2D eigenvalue weighted by Crippen LogP contribution is 2.36. The van der Waals surface area contributed by atoms with Crippen LogP contribution in [-0.4, -0.2) is 32.4 Å². The Labute approximate surface area is 213 Å². The van der Waals surface area contributed by atoms with Crippen molar-refractivity contribution in [2.45, 2.75) is 38.0 Å². The summed E-state index contributed by atoms with van der Waals surface area (Å²) >= 11 is 0. The lowest BCUT2D eigenvalue weighted by atomic mass is 9.90. The van der Waals surface area contributed by atoms with Gasteiger partial charge in [0.1, 0.15) is 23.7 Å². The second-order valence-electron chi connectivity index (χ2n) is 8.70. The second kappa shape index (κ2) is 10.9. The Kier molecular flexibility index (Phi) is 7.47. The van der Waals surface area contributed by atoms with E-state index >= 15 is 0 Å². The van der Waals surface area contributed by atoms with Crippen molar-refractivity contribution in [3.05, 3.63) is 107 Å².